The highest BCUT2D eigenvalue weighted by Crippen LogP contribution is 2.10. The van der Waals surface area contributed by atoms with Gasteiger partial charge in [-0.05, 0) is 0 Å². The Morgan fingerprint density at radius 3 is 2.88 bits per heavy atom. The molecule has 1 aliphatic heterocycles. The molecule has 1 atom stereocenters. The van der Waals surface area contributed by atoms with Gasteiger partial charge in [-0.15, -0.1) is 0 Å². The Bertz CT molecular complexity index is 60.7. The zero-order chi connectivity index (χ0) is 5.82. The summed E-state index contributed by atoms with van der Waals surface area (Å²) in [6.07, 6.45) is 0.879. The van der Waals surface area contributed by atoms with Gasteiger partial charge in [0.1, 0.15) is 6.61 Å². The first-order valence-corrected chi connectivity index (χ1v) is 2.75. The van der Waals surface area contributed by atoms with Gasteiger partial charge in [-0.25, -0.2) is 5.11 Å². The van der Waals surface area contributed by atoms with Crippen LogP contribution < -0.4 is 0 Å². The summed E-state index contributed by atoms with van der Waals surface area (Å²) < 4.78 is 9.76. The van der Waals surface area contributed by atoms with Crippen LogP contribution >= 0.6 is 0 Å². The molecular formula is C5H9O3. The lowest BCUT2D eigenvalue weighted by Crippen LogP contribution is -2.30. The van der Waals surface area contributed by atoms with E-state index in [4.69, 9.17) is 9.47 Å². The Balaban J connectivity index is 1.86. The van der Waals surface area contributed by atoms with Crippen molar-refractivity contribution >= 4 is 0 Å². The normalized spacial score (nSPS) is 27.4. The molecule has 1 fully saturated rings. The van der Waals surface area contributed by atoms with Crippen LogP contribution in [0.1, 0.15) is 6.42 Å². The smallest absolute Gasteiger partial charge is 0.159 e. The van der Waals surface area contributed by atoms with Crippen molar-refractivity contribution in [3.63, 3.8) is 0 Å². The lowest BCUT2D eigenvalue weighted by molar-refractivity contribution is -0.219. The number of ether oxygens (including phenoxy) is 2. The Morgan fingerprint density at radius 1 is 1.75 bits per heavy atom. The van der Waals surface area contributed by atoms with E-state index in [1.807, 2.05) is 0 Å². The minimum atomic E-state index is -0.167. The standard InChI is InChI=1S/C5H9O3/c6-2-4-8-5-1-3-7-5/h5H,1-4H2. The van der Waals surface area contributed by atoms with Gasteiger partial charge in [0.05, 0.1) is 13.2 Å². The third-order valence-electron chi connectivity index (χ3n) is 1.04. The van der Waals surface area contributed by atoms with Crippen LogP contribution in [0.15, 0.2) is 0 Å². The molecule has 47 valence electrons. The van der Waals surface area contributed by atoms with Crippen molar-refractivity contribution in [3.8, 4) is 0 Å². The quantitative estimate of drug-likeness (QED) is 0.529. The highest BCUT2D eigenvalue weighted by molar-refractivity contribution is 4.53. The maximum Gasteiger partial charge on any atom is 0.159 e. The van der Waals surface area contributed by atoms with Crippen LogP contribution in [0.2, 0.25) is 0 Å². The molecule has 0 N–H and O–H groups in total. The lowest BCUT2D eigenvalue weighted by Gasteiger charge is -2.25. The van der Waals surface area contributed by atoms with Gasteiger partial charge in [-0.1, -0.05) is 0 Å². The molecule has 1 heterocycles. The topological polar surface area (TPSA) is 38.4 Å². The van der Waals surface area contributed by atoms with E-state index >= 15 is 0 Å². The van der Waals surface area contributed by atoms with E-state index in [1.54, 1.807) is 0 Å². The molecule has 0 aromatic heterocycles. The van der Waals surface area contributed by atoms with Gasteiger partial charge in [0.25, 0.3) is 0 Å². The van der Waals surface area contributed by atoms with Crippen LogP contribution in [0, 0.1) is 0 Å². The summed E-state index contributed by atoms with van der Waals surface area (Å²) in [6, 6.07) is 0. The van der Waals surface area contributed by atoms with Gasteiger partial charge in [-0.3, -0.25) is 0 Å². The van der Waals surface area contributed by atoms with E-state index < -0.39 is 0 Å². The predicted octanol–water partition coefficient (Wildman–Crippen LogP) is 0.180. The number of rotatable bonds is 3. The minimum Gasteiger partial charge on any atom is -0.352 e. The van der Waals surface area contributed by atoms with Gasteiger partial charge >= 0.3 is 0 Å². The lowest BCUT2D eigenvalue weighted by atomic mass is 10.3. The second-order valence-corrected chi connectivity index (χ2v) is 1.66. The van der Waals surface area contributed by atoms with Crippen LogP contribution in [0.5, 0.6) is 0 Å². The van der Waals surface area contributed by atoms with Crippen molar-refractivity contribution in [2.75, 3.05) is 19.8 Å². The molecule has 0 bridgehead atoms. The van der Waals surface area contributed by atoms with Gasteiger partial charge in [0.2, 0.25) is 0 Å². The van der Waals surface area contributed by atoms with Crippen molar-refractivity contribution in [1.82, 2.24) is 0 Å². The summed E-state index contributed by atoms with van der Waals surface area (Å²) in [5.74, 6) is 0. The third-order valence-corrected chi connectivity index (χ3v) is 1.04. The van der Waals surface area contributed by atoms with Crippen LogP contribution in [-0.4, -0.2) is 26.1 Å². The summed E-state index contributed by atoms with van der Waals surface area (Å²) in [5.41, 5.74) is 0. The molecule has 1 unspecified atom stereocenters. The van der Waals surface area contributed by atoms with Gasteiger partial charge in [-0.2, -0.15) is 0 Å². The van der Waals surface area contributed by atoms with Crippen molar-refractivity contribution < 1.29 is 14.6 Å². The fourth-order valence-corrected chi connectivity index (χ4v) is 0.525. The zero-order valence-corrected chi connectivity index (χ0v) is 4.63. The van der Waals surface area contributed by atoms with E-state index in [9.17, 15) is 5.11 Å². The van der Waals surface area contributed by atoms with Crippen molar-refractivity contribution in [2.24, 2.45) is 0 Å². The fraction of sp³-hybridized carbons (Fsp3) is 1.00. The number of hydrogen-bond acceptors (Lipinski definition) is 2. The summed E-state index contributed by atoms with van der Waals surface area (Å²) in [6.45, 7) is 0.897. The summed E-state index contributed by atoms with van der Waals surface area (Å²) >= 11 is 0. The summed E-state index contributed by atoms with van der Waals surface area (Å²) in [4.78, 5) is 0. The molecule has 0 saturated carbocycles. The first-order chi connectivity index (χ1) is 3.93. The molecule has 0 aromatic rings. The van der Waals surface area contributed by atoms with Crippen LogP contribution in [0.3, 0.4) is 0 Å². The van der Waals surface area contributed by atoms with E-state index in [1.165, 1.54) is 0 Å². The Kier molecular flexibility index (Phi) is 2.27. The summed E-state index contributed by atoms with van der Waals surface area (Å²) in [7, 11) is 0. The Morgan fingerprint density at radius 2 is 2.50 bits per heavy atom. The molecule has 1 rings (SSSR count). The van der Waals surface area contributed by atoms with Crippen molar-refractivity contribution in [1.29, 1.82) is 0 Å². The van der Waals surface area contributed by atoms with E-state index in [2.05, 4.69) is 0 Å². The Labute approximate surface area is 48.2 Å². The predicted molar refractivity (Wildman–Crippen MR) is 25.9 cm³/mol. The van der Waals surface area contributed by atoms with Crippen molar-refractivity contribution in [2.45, 2.75) is 12.7 Å². The van der Waals surface area contributed by atoms with E-state index in [0.717, 1.165) is 13.0 Å². The maximum atomic E-state index is 9.79. The molecule has 1 radical (unpaired) electrons. The molecule has 8 heavy (non-hydrogen) atoms. The van der Waals surface area contributed by atoms with Crippen molar-refractivity contribution in [3.05, 3.63) is 0 Å². The first-order valence-electron chi connectivity index (χ1n) is 2.75. The van der Waals surface area contributed by atoms with Gasteiger partial charge in [0, 0.05) is 6.42 Å². The molecule has 0 spiro atoms. The minimum absolute atomic E-state index is 0.0658. The molecule has 3 nitrogen and oxygen atoms in total. The number of hydrogen-bond donors (Lipinski definition) is 0. The molecule has 0 amide bonds. The third kappa shape index (κ3) is 1.43. The van der Waals surface area contributed by atoms with Crippen LogP contribution in [0.25, 0.3) is 0 Å². The molecule has 3 heteroatoms. The molecular weight excluding hydrogens is 108 g/mol. The molecule has 1 aliphatic rings. The second kappa shape index (κ2) is 3.02. The average molecular weight is 117 g/mol. The van der Waals surface area contributed by atoms with Gasteiger partial charge < -0.3 is 9.47 Å². The molecule has 0 aromatic carbocycles. The molecule has 0 aliphatic carbocycles. The van der Waals surface area contributed by atoms with Crippen LogP contribution in [-0.2, 0) is 14.6 Å². The first kappa shape index (κ1) is 6.01. The van der Waals surface area contributed by atoms with Gasteiger partial charge in [0.15, 0.2) is 6.29 Å². The monoisotopic (exact) mass is 117 g/mol. The van der Waals surface area contributed by atoms with E-state index in [-0.39, 0.29) is 19.5 Å². The highest BCUT2D eigenvalue weighted by atomic mass is 16.7. The van der Waals surface area contributed by atoms with E-state index in [0.29, 0.717) is 0 Å². The Hall–Kier alpha value is -0.120. The summed E-state index contributed by atoms with van der Waals surface area (Å²) in [5, 5.41) is 9.79. The fourth-order valence-electron chi connectivity index (χ4n) is 0.525. The molecule has 1 saturated heterocycles. The largest absolute Gasteiger partial charge is 0.352 e. The van der Waals surface area contributed by atoms with Crippen LogP contribution in [0.4, 0.5) is 0 Å². The maximum absolute atomic E-state index is 9.79. The highest BCUT2D eigenvalue weighted by Gasteiger charge is 2.17. The second-order valence-electron chi connectivity index (χ2n) is 1.66. The zero-order valence-electron chi connectivity index (χ0n) is 4.63. The SMILES string of the molecule is [O]CCOC1CCO1. The average Bonchev–Trinajstić information content (AvgIpc) is 1.63.